The first kappa shape index (κ1) is 16.3. The Morgan fingerprint density at radius 1 is 1.16 bits per heavy atom. The number of carbonyl (C=O) groups excluding carboxylic acids is 1. The number of amides is 1. The number of para-hydroxylation sites is 2. The molecule has 3 rings (SSSR count). The lowest BCUT2D eigenvalue weighted by Gasteiger charge is -2.03. The van der Waals surface area contributed by atoms with E-state index in [-0.39, 0.29) is 5.57 Å². The highest BCUT2D eigenvalue weighted by molar-refractivity contribution is 6.10. The molecule has 0 saturated heterocycles. The van der Waals surface area contributed by atoms with Crippen LogP contribution in [0, 0.1) is 11.3 Å². The Labute approximate surface area is 146 Å². The van der Waals surface area contributed by atoms with Gasteiger partial charge in [0.1, 0.15) is 11.6 Å². The molecule has 0 fully saturated rings. The van der Waals surface area contributed by atoms with Gasteiger partial charge in [-0.3, -0.25) is 4.79 Å². The Bertz CT molecular complexity index is 991. The predicted molar refractivity (Wildman–Crippen MR) is 101 cm³/mol. The van der Waals surface area contributed by atoms with Crippen LogP contribution < -0.4 is 5.32 Å². The van der Waals surface area contributed by atoms with Gasteiger partial charge in [0, 0.05) is 34.9 Å². The molecule has 0 radical (unpaired) electrons. The lowest BCUT2D eigenvalue weighted by Crippen LogP contribution is -2.13. The molecule has 1 N–H and O–H groups in total. The van der Waals surface area contributed by atoms with E-state index >= 15 is 0 Å². The number of allylic oxidation sites excluding steroid dienone is 1. The molecular formula is C21H17N3O. The van der Waals surface area contributed by atoms with E-state index in [2.05, 4.69) is 11.9 Å². The van der Waals surface area contributed by atoms with Crippen LogP contribution in [0.25, 0.3) is 17.0 Å². The van der Waals surface area contributed by atoms with Gasteiger partial charge in [0.05, 0.1) is 0 Å². The molecule has 0 atom stereocenters. The maximum absolute atomic E-state index is 12.4. The third kappa shape index (κ3) is 3.51. The van der Waals surface area contributed by atoms with Crippen LogP contribution in [-0.2, 0) is 11.3 Å². The van der Waals surface area contributed by atoms with Crippen molar-refractivity contribution >= 4 is 28.6 Å². The smallest absolute Gasteiger partial charge is 0.266 e. The highest BCUT2D eigenvalue weighted by Gasteiger charge is 2.12. The van der Waals surface area contributed by atoms with Gasteiger partial charge in [-0.05, 0) is 24.3 Å². The molecule has 0 spiro atoms. The largest absolute Gasteiger partial charge is 0.343 e. The SMILES string of the molecule is C=CCn1cc(/C=C(/C#N)C(=O)Nc2ccccc2)c2ccccc21. The molecule has 1 heterocycles. The van der Waals surface area contributed by atoms with Crippen molar-refractivity contribution < 1.29 is 4.79 Å². The molecule has 0 saturated carbocycles. The summed E-state index contributed by atoms with van der Waals surface area (Å²) in [6.45, 7) is 4.43. The number of anilines is 1. The zero-order chi connectivity index (χ0) is 17.6. The van der Waals surface area contributed by atoms with Crippen molar-refractivity contribution in [1.29, 1.82) is 5.26 Å². The van der Waals surface area contributed by atoms with Crippen LogP contribution in [-0.4, -0.2) is 10.5 Å². The number of hydrogen-bond donors (Lipinski definition) is 1. The molecular weight excluding hydrogens is 310 g/mol. The summed E-state index contributed by atoms with van der Waals surface area (Å²) in [4.78, 5) is 12.4. The highest BCUT2D eigenvalue weighted by Crippen LogP contribution is 2.24. The van der Waals surface area contributed by atoms with E-state index in [9.17, 15) is 10.1 Å². The molecule has 0 aliphatic heterocycles. The Hall–Kier alpha value is -3.58. The van der Waals surface area contributed by atoms with Crippen LogP contribution in [0.5, 0.6) is 0 Å². The van der Waals surface area contributed by atoms with Gasteiger partial charge < -0.3 is 9.88 Å². The quantitative estimate of drug-likeness (QED) is 0.430. The normalized spacial score (nSPS) is 11.1. The second kappa shape index (κ2) is 7.33. The highest BCUT2D eigenvalue weighted by atomic mass is 16.1. The molecule has 4 nitrogen and oxygen atoms in total. The number of aromatic nitrogens is 1. The minimum absolute atomic E-state index is 0.0605. The minimum Gasteiger partial charge on any atom is -0.343 e. The van der Waals surface area contributed by atoms with Crippen molar-refractivity contribution in [3.63, 3.8) is 0 Å². The van der Waals surface area contributed by atoms with Crippen LogP contribution in [0.1, 0.15) is 5.56 Å². The second-order valence-corrected chi connectivity index (χ2v) is 5.53. The zero-order valence-corrected chi connectivity index (χ0v) is 13.6. The molecule has 2 aromatic carbocycles. The number of nitrogens with zero attached hydrogens (tertiary/aromatic N) is 2. The number of fused-ring (bicyclic) bond motifs is 1. The summed E-state index contributed by atoms with van der Waals surface area (Å²) in [6.07, 6.45) is 5.37. The van der Waals surface area contributed by atoms with Crippen LogP contribution in [0.15, 0.2) is 79.0 Å². The van der Waals surface area contributed by atoms with E-state index in [0.717, 1.165) is 16.5 Å². The Morgan fingerprint density at radius 2 is 1.88 bits per heavy atom. The summed E-state index contributed by atoms with van der Waals surface area (Å²) < 4.78 is 2.04. The first-order chi connectivity index (χ1) is 12.2. The summed E-state index contributed by atoms with van der Waals surface area (Å²) in [5, 5.41) is 13.1. The summed E-state index contributed by atoms with van der Waals surface area (Å²) in [6, 6.07) is 19.0. The fourth-order valence-electron chi connectivity index (χ4n) is 2.70. The second-order valence-electron chi connectivity index (χ2n) is 5.53. The Balaban J connectivity index is 1.97. The molecule has 0 unspecified atom stereocenters. The summed E-state index contributed by atoms with van der Waals surface area (Å²) in [5.41, 5.74) is 2.58. The van der Waals surface area contributed by atoms with Crippen molar-refractivity contribution in [2.24, 2.45) is 0 Å². The molecule has 25 heavy (non-hydrogen) atoms. The van der Waals surface area contributed by atoms with Crippen molar-refractivity contribution in [2.45, 2.75) is 6.54 Å². The van der Waals surface area contributed by atoms with Crippen molar-refractivity contribution in [2.75, 3.05) is 5.32 Å². The van der Waals surface area contributed by atoms with Crippen molar-refractivity contribution in [1.82, 2.24) is 4.57 Å². The topological polar surface area (TPSA) is 57.8 Å². The standard InChI is InChI=1S/C21H17N3O/c1-2-12-24-15-17(19-10-6-7-11-20(19)24)13-16(14-22)21(25)23-18-8-4-3-5-9-18/h2-11,13,15H,1,12H2,(H,23,25)/b16-13-. The van der Waals surface area contributed by atoms with Crippen molar-refractivity contribution in [3.8, 4) is 6.07 Å². The minimum atomic E-state index is -0.422. The molecule has 3 aromatic rings. The molecule has 1 aromatic heterocycles. The summed E-state index contributed by atoms with van der Waals surface area (Å²) in [5.74, 6) is -0.422. The lowest BCUT2D eigenvalue weighted by molar-refractivity contribution is -0.112. The molecule has 0 aliphatic carbocycles. The predicted octanol–water partition coefficient (Wildman–Crippen LogP) is 4.37. The Morgan fingerprint density at radius 3 is 2.60 bits per heavy atom. The third-order valence-corrected chi connectivity index (χ3v) is 3.84. The van der Waals surface area contributed by atoms with Gasteiger partial charge in [-0.1, -0.05) is 42.5 Å². The van der Waals surface area contributed by atoms with E-state index in [0.29, 0.717) is 12.2 Å². The monoisotopic (exact) mass is 327 g/mol. The molecule has 4 heteroatoms. The first-order valence-electron chi connectivity index (χ1n) is 7.90. The van der Waals surface area contributed by atoms with Gasteiger partial charge in [0.25, 0.3) is 5.91 Å². The molecule has 122 valence electrons. The van der Waals surface area contributed by atoms with Gasteiger partial charge in [-0.25, -0.2) is 0 Å². The van der Waals surface area contributed by atoms with Gasteiger partial charge in [0.2, 0.25) is 0 Å². The number of rotatable bonds is 5. The fourth-order valence-corrected chi connectivity index (χ4v) is 2.70. The average molecular weight is 327 g/mol. The Kier molecular flexibility index (Phi) is 4.77. The lowest BCUT2D eigenvalue weighted by atomic mass is 10.1. The maximum atomic E-state index is 12.4. The average Bonchev–Trinajstić information content (AvgIpc) is 2.98. The third-order valence-electron chi connectivity index (χ3n) is 3.84. The number of carbonyl (C=O) groups is 1. The first-order valence-corrected chi connectivity index (χ1v) is 7.90. The number of benzene rings is 2. The van der Waals surface area contributed by atoms with Crippen LogP contribution in [0.3, 0.4) is 0 Å². The summed E-state index contributed by atoms with van der Waals surface area (Å²) >= 11 is 0. The van der Waals surface area contributed by atoms with Gasteiger partial charge in [0.15, 0.2) is 0 Å². The van der Waals surface area contributed by atoms with Crippen LogP contribution >= 0.6 is 0 Å². The zero-order valence-electron chi connectivity index (χ0n) is 13.6. The van der Waals surface area contributed by atoms with Crippen LogP contribution in [0.2, 0.25) is 0 Å². The van der Waals surface area contributed by atoms with E-state index in [1.54, 1.807) is 18.2 Å². The van der Waals surface area contributed by atoms with Crippen LogP contribution in [0.4, 0.5) is 5.69 Å². The molecule has 1 amide bonds. The number of nitrogens with one attached hydrogen (secondary N) is 1. The number of nitriles is 1. The van der Waals surface area contributed by atoms with Gasteiger partial charge in [-0.2, -0.15) is 5.26 Å². The summed E-state index contributed by atoms with van der Waals surface area (Å²) in [7, 11) is 0. The van der Waals surface area contributed by atoms with Gasteiger partial charge >= 0.3 is 0 Å². The van der Waals surface area contributed by atoms with E-state index < -0.39 is 5.91 Å². The van der Waals surface area contributed by atoms with E-state index in [4.69, 9.17) is 0 Å². The molecule has 0 bridgehead atoms. The van der Waals surface area contributed by atoms with Gasteiger partial charge in [-0.15, -0.1) is 6.58 Å². The van der Waals surface area contributed by atoms with E-state index in [1.807, 2.05) is 65.4 Å². The van der Waals surface area contributed by atoms with E-state index in [1.165, 1.54) is 0 Å². The number of hydrogen-bond acceptors (Lipinski definition) is 2. The van der Waals surface area contributed by atoms with Crippen molar-refractivity contribution in [3.05, 3.63) is 84.6 Å². The molecule has 0 aliphatic rings. The maximum Gasteiger partial charge on any atom is 0.266 e. The fraction of sp³-hybridized carbons (Fsp3) is 0.0476.